The minimum atomic E-state index is -0.840. The quantitative estimate of drug-likeness (QED) is 0.253. The molecule has 0 radical (unpaired) electrons. The Balaban J connectivity index is 1.87. The van der Waals surface area contributed by atoms with Gasteiger partial charge in [-0.2, -0.15) is 0 Å². The van der Waals surface area contributed by atoms with Crippen molar-refractivity contribution < 1.29 is 19.5 Å². The molecule has 2 unspecified atom stereocenters. The zero-order chi connectivity index (χ0) is 23.5. The molecule has 0 saturated heterocycles. The Labute approximate surface area is 186 Å². The van der Waals surface area contributed by atoms with Crippen LogP contribution in [0.15, 0.2) is 59.6 Å². The van der Waals surface area contributed by atoms with Gasteiger partial charge in [-0.15, -0.1) is 0 Å². The lowest BCUT2D eigenvalue weighted by Gasteiger charge is -2.17. The fourth-order valence-corrected chi connectivity index (χ4v) is 3.05. The average Bonchev–Trinajstić information content (AvgIpc) is 2.74. The van der Waals surface area contributed by atoms with Gasteiger partial charge in [-0.25, -0.2) is 0 Å². The van der Waals surface area contributed by atoms with Gasteiger partial charge < -0.3 is 27.2 Å². The van der Waals surface area contributed by atoms with Crippen LogP contribution in [0.3, 0.4) is 0 Å². The van der Waals surface area contributed by atoms with Gasteiger partial charge in [-0.1, -0.05) is 42.5 Å². The first-order valence-electron chi connectivity index (χ1n) is 10.2. The molecular weight excluding hydrogens is 410 g/mol. The normalized spacial score (nSPS) is 13.1. The third kappa shape index (κ3) is 8.47. The van der Waals surface area contributed by atoms with Crippen LogP contribution in [0.5, 0.6) is 5.75 Å². The third-order valence-corrected chi connectivity index (χ3v) is 4.64. The molecule has 7 N–H and O–H groups in total. The molecule has 0 aliphatic rings. The number of hydrogen-bond donors (Lipinski definition) is 5. The lowest BCUT2D eigenvalue weighted by Crippen LogP contribution is -2.46. The van der Waals surface area contributed by atoms with E-state index in [2.05, 4.69) is 15.6 Å². The highest BCUT2D eigenvalue weighted by atomic mass is 16.3. The lowest BCUT2D eigenvalue weighted by molar-refractivity contribution is -0.127. The number of nitrogens with two attached hydrogens (primary N) is 2. The molecule has 2 aromatic rings. The minimum Gasteiger partial charge on any atom is -0.508 e. The number of benzene rings is 2. The first-order valence-corrected chi connectivity index (χ1v) is 10.2. The number of carbonyl (C=O) groups excluding carboxylic acids is 3. The van der Waals surface area contributed by atoms with Gasteiger partial charge in [-0.05, 0) is 30.2 Å². The number of hydrogen-bond acceptors (Lipinski definition) is 5. The van der Waals surface area contributed by atoms with Crippen molar-refractivity contribution in [1.82, 2.24) is 10.6 Å². The molecule has 0 aliphatic heterocycles. The highest BCUT2D eigenvalue weighted by Crippen LogP contribution is 2.13. The largest absolute Gasteiger partial charge is 0.508 e. The number of aromatic hydroxyl groups is 1. The van der Waals surface area contributed by atoms with Gasteiger partial charge in [0, 0.05) is 25.8 Å². The fourth-order valence-electron chi connectivity index (χ4n) is 3.05. The van der Waals surface area contributed by atoms with E-state index in [4.69, 9.17) is 11.5 Å². The Morgan fingerprint density at radius 1 is 0.969 bits per heavy atom. The number of nitrogens with zero attached hydrogens (tertiary/aromatic N) is 1. The van der Waals surface area contributed by atoms with Crippen LogP contribution in [0.25, 0.3) is 0 Å². The molecule has 2 atom stereocenters. The molecule has 32 heavy (non-hydrogen) atoms. The van der Waals surface area contributed by atoms with Crippen molar-refractivity contribution in [1.29, 1.82) is 0 Å². The number of rotatable bonds is 11. The predicted molar refractivity (Wildman–Crippen MR) is 122 cm³/mol. The zero-order valence-electron chi connectivity index (χ0n) is 18.0. The van der Waals surface area contributed by atoms with Gasteiger partial charge in [0.05, 0.1) is 5.84 Å². The standard InChI is InChI=1S/C23H29N5O4/c1-15(24)27-20(14-17-7-9-18(29)10-8-17)23(32)26-12-11-21(30)28-19(22(25)31)13-16-5-3-2-4-6-16/h2-10,19-20,29H,11-14H2,1H3,(H2,24,27)(H2,25,31)(H,26,32)(H,28,30). The molecular formula is C23H29N5O4. The number of amidine groups is 1. The molecule has 0 fully saturated rings. The van der Waals surface area contributed by atoms with Crippen LogP contribution in [-0.2, 0) is 27.2 Å². The summed E-state index contributed by atoms with van der Waals surface area (Å²) < 4.78 is 0. The van der Waals surface area contributed by atoms with E-state index in [9.17, 15) is 19.5 Å². The van der Waals surface area contributed by atoms with Crippen LogP contribution in [0.4, 0.5) is 0 Å². The molecule has 0 spiro atoms. The molecule has 170 valence electrons. The first kappa shape index (κ1) is 24.4. The SMILES string of the molecule is CC(N)=NC(Cc1ccc(O)cc1)C(=O)NCCC(=O)NC(Cc1ccccc1)C(N)=O. The number of phenolic OH excluding ortho intramolecular Hbond substituents is 1. The Kier molecular flexibility index (Phi) is 9.22. The van der Waals surface area contributed by atoms with Gasteiger partial charge in [0.25, 0.3) is 0 Å². The van der Waals surface area contributed by atoms with E-state index in [0.29, 0.717) is 0 Å². The van der Waals surface area contributed by atoms with Crippen LogP contribution in [-0.4, -0.2) is 47.3 Å². The molecule has 2 aromatic carbocycles. The number of primary amides is 1. The third-order valence-electron chi connectivity index (χ3n) is 4.64. The monoisotopic (exact) mass is 439 g/mol. The fraction of sp³-hybridized carbons (Fsp3) is 0.304. The molecule has 9 nitrogen and oxygen atoms in total. The van der Waals surface area contributed by atoms with E-state index >= 15 is 0 Å². The maximum absolute atomic E-state index is 12.6. The van der Waals surface area contributed by atoms with Gasteiger partial charge in [0.15, 0.2) is 0 Å². The molecule has 0 aliphatic carbocycles. The molecule has 0 bridgehead atoms. The van der Waals surface area contributed by atoms with Gasteiger partial charge >= 0.3 is 0 Å². The second-order valence-corrected chi connectivity index (χ2v) is 7.41. The van der Waals surface area contributed by atoms with E-state index in [1.165, 1.54) is 12.1 Å². The summed E-state index contributed by atoms with van der Waals surface area (Å²) >= 11 is 0. The molecule has 3 amide bonds. The van der Waals surface area contributed by atoms with Crippen molar-refractivity contribution in [3.8, 4) is 5.75 Å². The van der Waals surface area contributed by atoms with E-state index in [1.807, 2.05) is 30.3 Å². The minimum absolute atomic E-state index is 0.0262. The van der Waals surface area contributed by atoms with Crippen LogP contribution in [0.1, 0.15) is 24.5 Å². The van der Waals surface area contributed by atoms with E-state index in [-0.39, 0.29) is 43.3 Å². The average molecular weight is 440 g/mol. The Bertz CT molecular complexity index is 941. The smallest absolute Gasteiger partial charge is 0.245 e. The maximum atomic E-state index is 12.6. The van der Waals surface area contributed by atoms with Crippen molar-refractivity contribution in [3.05, 3.63) is 65.7 Å². The predicted octanol–water partition coefficient (Wildman–Crippen LogP) is 0.400. The summed E-state index contributed by atoms with van der Waals surface area (Å²) in [7, 11) is 0. The van der Waals surface area contributed by atoms with Gasteiger partial charge in [0.1, 0.15) is 17.8 Å². The van der Waals surface area contributed by atoms with Crippen LogP contribution < -0.4 is 22.1 Å². The molecule has 0 aromatic heterocycles. The Hall–Kier alpha value is -3.88. The summed E-state index contributed by atoms with van der Waals surface area (Å²) in [5.74, 6) is -1.04. The number of carbonyl (C=O) groups is 3. The molecule has 0 heterocycles. The summed E-state index contributed by atoms with van der Waals surface area (Å²) in [5.41, 5.74) is 12.7. The topological polar surface area (TPSA) is 160 Å². The lowest BCUT2D eigenvalue weighted by atomic mass is 10.1. The van der Waals surface area contributed by atoms with Crippen molar-refractivity contribution >= 4 is 23.6 Å². The van der Waals surface area contributed by atoms with Crippen LogP contribution in [0.2, 0.25) is 0 Å². The molecule has 2 rings (SSSR count). The number of phenols is 1. The number of amides is 3. The summed E-state index contributed by atoms with van der Waals surface area (Å²) in [6.45, 7) is 1.65. The van der Waals surface area contributed by atoms with E-state index < -0.39 is 23.9 Å². The van der Waals surface area contributed by atoms with Crippen LogP contribution >= 0.6 is 0 Å². The summed E-state index contributed by atoms with van der Waals surface area (Å²) in [4.78, 5) is 40.7. The highest BCUT2D eigenvalue weighted by molar-refractivity contribution is 5.88. The first-order chi connectivity index (χ1) is 15.2. The van der Waals surface area contributed by atoms with Crippen molar-refractivity contribution in [3.63, 3.8) is 0 Å². The van der Waals surface area contributed by atoms with Crippen molar-refractivity contribution in [2.45, 2.75) is 38.3 Å². The zero-order valence-corrected chi connectivity index (χ0v) is 18.0. The molecule has 0 saturated carbocycles. The van der Waals surface area contributed by atoms with Gasteiger partial charge in [0.2, 0.25) is 17.7 Å². The molecule has 9 heteroatoms. The van der Waals surface area contributed by atoms with E-state index in [1.54, 1.807) is 19.1 Å². The highest BCUT2D eigenvalue weighted by Gasteiger charge is 2.20. The maximum Gasteiger partial charge on any atom is 0.245 e. The number of aliphatic imine (C=N–C) groups is 1. The van der Waals surface area contributed by atoms with Crippen molar-refractivity contribution in [2.24, 2.45) is 16.5 Å². The second-order valence-electron chi connectivity index (χ2n) is 7.41. The Morgan fingerprint density at radius 3 is 2.19 bits per heavy atom. The summed E-state index contributed by atoms with van der Waals surface area (Å²) in [5, 5.41) is 14.7. The summed E-state index contributed by atoms with van der Waals surface area (Å²) in [6, 6.07) is 14.0. The number of nitrogens with one attached hydrogen (secondary N) is 2. The van der Waals surface area contributed by atoms with Crippen LogP contribution in [0, 0.1) is 0 Å². The second kappa shape index (κ2) is 12.1. The van der Waals surface area contributed by atoms with Crippen molar-refractivity contribution in [2.75, 3.05) is 6.54 Å². The van der Waals surface area contributed by atoms with Gasteiger partial charge in [-0.3, -0.25) is 19.4 Å². The Morgan fingerprint density at radius 2 is 1.59 bits per heavy atom. The van der Waals surface area contributed by atoms with E-state index in [0.717, 1.165) is 11.1 Å². The summed E-state index contributed by atoms with van der Waals surface area (Å²) in [6.07, 6.45) is 0.544.